The Kier molecular flexibility index (Phi) is 3.82. The summed E-state index contributed by atoms with van der Waals surface area (Å²) in [7, 11) is 0. The first kappa shape index (κ1) is 12.6. The molecule has 1 fully saturated rings. The lowest BCUT2D eigenvalue weighted by Crippen LogP contribution is -2.39. The highest BCUT2D eigenvalue weighted by Crippen LogP contribution is 2.21. The molecule has 0 aliphatic carbocycles. The highest BCUT2D eigenvalue weighted by atomic mass is 79.9. The van der Waals surface area contributed by atoms with Crippen LogP contribution < -0.4 is 0 Å². The van der Waals surface area contributed by atoms with Gasteiger partial charge in [-0.3, -0.25) is 4.79 Å². The second-order valence-corrected chi connectivity index (χ2v) is 5.48. The normalized spacial score (nSPS) is 20.4. The number of amides is 1. The minimum atomic E-state index is -0.339. The molecule has 1 atom stereocenters. The predicted octanol–water partition coefficient (Wildman–Crippen LogP) is 3.46. The van der Waals surface area contributed by atoms with Gasteiger partial charge in [0.25, 0.3) is 5.91 Å². The lowest BCUT2D eigenvalue weighted by atomic mass is 9.99. The fraction of sp³-hybridized carbons (Fsp3) is 0.462. The molecular weight excluding hydrogens is 285 g/mol. The molecule has 2 nitrogen and oxygen atoms in total. The summed E-state index contributed by atoms with van der Waals surface area (Å²) in [5, 5.41) is 0. The molecule has 0 bridgehead atoms. The van der Waals surface area contributed by atoms with E-state index in [9.17, 15) is 9.18 Å². The largest absolute Gasteiger partial charge is 0.338 e. The number of carbonyl (C=O) groups excluding carboxylic acids is 1. The molecule has 1 heterocycles. The highest BCUT2D eigenvalue weighted by molar-refractivity contribution is 9.10. The first-order valence-electron chi connectivity index (χ1n) is 5.82. The second kappa shape index (κ2) is 5.17. The van der Waals surface area contributed by atoms with Crippen LogP contribution in [0.5, 0.6) is 0 Å². The molecule has 0 aromatic heterocycles. The summed E-state index contributed by atoms with van der Waals surface area (Å²) < 4.78 is 13.4. The van der Waals surface area contributed by atoms with Crippen LogP contribution in [0, 0.1) is 11.7 Å². The zero-order valence-electron chi connectivity index (χ0n) is 9.75. The Bertz CT molecular complexity index is 435. The summed E-state index contributed by atoms with van der Waals surface area (Å²) >= 11 is 3.10. The van der Waals surface area contributed by atoms with Crippen molar-refractivity contribution in [3.8, 4) is 0 Å². The van der Waals surface area contributed by atoms with Gasteiger partial charge in [-0.2, -0.15) is 0 Å². The van der Waals surface area contributed by atoms with Gasteiger partial charge < -0.3 is 4.90 Å². The summed E-state index contributed by atoms with van der Waals surface area (Å²) in [5.41, 5.74) is 0.548. The Labute approximate surface area is 109 Å². The molecule has 4 heteroatoms. The SMILES string of the molecule is CC1CCCN(C(=O)c2ccc(F)c(Br)c2)C1. The molecule has 1 aliphatic heterocycles. The van der Waals surface area contributed by atoms with Crippen LogP contribution in [0.3, 0.4) is 0 Å². The maximum atomic E-state index is 13.1. The number of piperidine rings is 1. The van der Waals surface area contributed by atoms with Crippen molar-refractivity contribution in [1.82, 2.24) is 4.90 Å². The third-order valence-electron chi connectivity index (χ3n) is 3.11. The van der Waals surface area contributed by atoms with Crippen molar-refractivity contribution in [3.05, 3.63) is 34.1 Å². The smallest absolute Gasteiger partial charge is 0.253 e. The molecule has 0 spiro atoms. The van der Waals surface area contributed by atoms with Gasteiger partial charge in [-0.05, 0) is 52.9 Å². The zero-order chi connectivity index (χ0) is 12.4. The molecule has 1 aromatic rings. The van der Waals surface area contributed by atoms with Crippen molar-refractivity contribution < 1.29 is 9.18 Å². The number of rotatable bonds is 1. The van der Waals surface area contributed by atoms with Gasteiger partial charge in [-0.25, -0.2) is 4.39 Å². The fourth-order valence-corrected chi connectivity index (χ4v) is 2.56. The van der Waals surface area contributed by atoms with E-state index in [-0.39, 0.29) is 11.7 Å². The first-order valence-corrected chi connectivity index (χ1v) is 6.61. The van der Waals surface area contributed by atoms with Crippen molar-refractivity contribution in [1.29, 1.82) is 0 Å². The Hall–Kier alpha value is -0.900. The average molecular weight is 300 g/mol. The molecular formula is C13H15BrFNO. The van der Waals surface area contributed by atoms with Gasteiger partial charge in [0.05, 0.1) is 4.47 Å². The standard InChI is InChI=1S/C13H15BrFNO/c1-9-3-2-6-16(8-9)13(17)10-4-5-12(15)11(14)7-10/h4-5,7,9H,2-3,6,8H2,1H3. The van der Waals surface area contributed by atoms with Crippen LogP contribution in [0.2, 0.25) is 0 Å². The van der Waals surface area contributed by atoms with E-state index in [1.54, 1.807) is 12.1 Å². The van der Waals surface area contributed by atoms with Gasteiger partial charge in [0.2, 0.25) is 0 Å². The molecule has 92 valence electrons. The first-order chi connectivity index (χ1) is 8.08. The number of benzene rings is 1. The van der Waals surface area contributed by atoms with Gasteiger partial charge in [-0.1, -0.05) is 6.92 Å². The molecule has 0 radical (unpaired) electrons. The fourth-order valence-electron chi connectivity index (χ4n) is 2.19. The molecule has 2 rings (SSSR count). The van der Waals surface area contributed by atoms with E-state index in [1.165, 1.54) is 12.5 Å². The van der Waals surface area contributed by atoms with Crippen LogP contribution >= 0.6 is 15.9 Å². The Balaban J connectivity index is 2.15. The lowest BCUT2D eigenvalue weighted by molar-refractivity contribution is 0.0683. The molecule has 17 heavy (non-hydrogen) atoms. The van der Waals surface area contributed by atoms with Crippen LogP contribution in [-0.4, -0.2) is 23.9 Å². The molecule has 1 aliphatic rings. The van der Waals surface area contributed by atoms with Gasteiger partial charge in [0.1, 0.15) is 5.82 Å². The molecule has 1 saturated heterocycles. The van der Waals surface area contributed by atoms with Crippen LogP contribution in [-0.2, 0) is 0 Å². The topological polar surface area (TPSA) is 20.3 Å². The summed E-state index contributed by atoms with van der Waals surface area (Å²) in [4.78, 5) is 14.0. The van der Waals surface area contributed by atoms with Gasteiger partial charge in [0.15, 0.2) is 0 Å². The summed E-state index contributed by atoms with van der Waals surface area (Å²) in [6.45, 7) is 3.76. The Morgan fingerprint density at radius 2 is 2.29 bits per heavy atom. The molecule has 1 amide bonds. The number of hydrogen-bond acceptors (Lipinski definition) is 1. The van der Waals surface area contributed by atoms with Crippen molar-refractivity contribution in [3.63, 3.8) is 0 Å². The van der Waals surface area contributed by atoms with Crippen LogP contribution in [0.4, 0.5) is 4.39 Å². The predicted molar refractivity (Wildman–Crippen MR) is 68.4 cm³/mol. The molecule has 0 saturated carbocycles. The molecule has 0 N–H and O–H groups in total. The second-order valence-electron chi connectivity index (χ2n) is 4.63. The lowest BCUT2D eigenvalue weighted by Gasteiger charge is -2.31. The number of nitrogens with zero attached hydrogens (tertiary/aromatic N) is 1. The molecule has 1 unspecified atom stereocenters. The summed E-state index contributed by atoms with van der Waals surface area (Å²) in [6.07, 6.45) is 2.23. The quantitative estimate of drug-likeness (QED) is 0.778. The maximum absolute atomic E-state index is 13.1. The number of halogens is 2. The van der Waals surface area contributed by atoms with Crippen LogP contribution in [0.1, 0.15) is 30.1 Å². The van der Waals surface area contributed by atoms with Crippen LogP contribution in [0.25, 0.3) is 0 Å². The summed E-state index contributed by atoms with van der Waals surface area (Å²) in [5.74, 6) is 0.211. The molecule has 1 aromatic carbocycles. The van der Waals surface area contributed by atoms with E-state index in [0.29, 0.717) is 16.0 Å². The van der Waals surface area contributed by atoms with Gasteiger partial charge in [0, 0.05) is 18.7 Å². The minimum absolute atomic E-state index is 0.00255. The van der Waals surface area contributed by atoms with E-state index in [2.05, 4.69) is 22.9 Å². The van der Waals surface area contributed by atoms with E-state index in [4.69, 9.17) is 0 Å². The Morgan fingerprint density at radius 3 is 2.94 bits per heavy atom. The average Bonchev–Trinajstić information content (AvgIpc) is 2.32. The monoisotopic (exact) mass is 299 g/mol. The third-order valence-corrected chi connectivity index (χ3v) is 3.72. The highest BCUT2D eigenvalue weighted by Gasteiger charge is 2.22. The maximum Gasteiger partial charge on any atom is 0.253 e. The zero-order valence-corrected chi connectivity index (χ0v) is 11.3. The minimum Gasteiger partial charge on any atom is -0.338 e. The van der Waals surface area contributed by atoms with Crippen molar-refractivity contribution in [2.45, 2.75) is 19.8 Å². The van der Waals surface area contributed by atoms with Crippen molar-refractivity contribution in [2.24, 2.45) is 5.92 Å². The van der Waals surface area contributed by atoms with Gasteiger partial charge >= 0.3 is 0 Å². The van der Waals surface area contributed by atoms with E-state index in [0.717, 1.165) is 19.5 Å². The number of carbonyl (C=O) groups is 1. The van der Waals surface area contributed by atoms with E-state index < -0.39 is 0 Å². The van der Waals surface area contributed by atoms with Gasteiger partial charge in [-0.15, -0.1) is 0 Å². The van der Waals surface area contributed by atoms with E-state index in [1.807, 2.05) is 4.90 Å². The third kappa shape index (κ3) is 2.86. The van der Waals surface area contributed by atoms with E-state index >= 15 is 0 Å². The summed E-state index contributed by atoms with van der Waals surface area (Å²) in [6, 6.07) is 4.42. The number of hydrogen-bond donors (Lipinski definition) is 0. The Morgan fingerprint density at radius 1 is 1.53 bits per heavy atom. The van der Waals surface area contributed by atoms with Crippen molar-refractivity contribution >= 4 is 21.8 Å². The van der Waals surface area contributed by atoms with Crippen molar-refractivity contribution in [2.75, 3.05) is 13.1 Å². The number of likely N-dealkylation sites (tertiary alicyclic amines) is 1. The van der Waals surface area contributed by atoms with Crippen LogP contribution in [0.15, 0.2) is 22.7 Å².